The van der Waals surface area contributed by atoms with E-state index in [1.807, 2.05) is 18.2 Å². The molecule has 0 aliphatic carbocycles. The molecule has 0 spiro atoms. The van der Waals surface area contributed by atoms with E-state index in [0.717, 1.165) is 20.3 Å². The third-order valence-corrected chi connectivity index (χ3v) is 4.84. The van der Waals surface area contributed by atoms with Gasteiger partial charge in [-0.15, -0.1) is 0 Å². The number of ether oxygens (including phenoxy) is 1. The van der Waals surface area contributed by atoms with E-state index in [2.05, 4.69) is 25.9 Å². The van der Waals surface area contributed by atoms with Crippen LogP contribution in [0.25, 0.3) is 17.3 Å². The minimum absolute atomic E-state index is 0.0447. The summed E-state index contributed by atoms with van der Waals surface area (Å²) in [5.74, 6) is 0.0444. The second-order valence-corrected chi connectivity index (χ2v) is 6.97. The van der Waals surface area contributed by atoms with Gasteiger partial charge in [0.15, 0.2) is 0 Å². The van der Waals surface area contributed by atoms with Crippen molar-refractivity contribution in [1.82, 2.24) is 9.55 Å². The van der Waals surface area contributed by atoms with Crippen molar-refractivity contribution in [3.8, 4) is 17.3 Å². The third-order valence-electron chi connectivity index (χ3n) is 4.34. The first-order valence-electron chi connectivity index (χ1n) is 8.26. The zero-order valence-electron chi connectivity index (χ0n) is 14.6. The molecule has 1 aliphatic rings. The monoisotopic (exact) mass is 439 g/mol. The molecule has 1 aliphatic heterocycles. The largest absolute Gasteiger partial charge is 0.497 e. The molecule has 0 bridgehead atoms. The molecule has 0 amide bonds. The Hall–Kier alpha value is -3.39. The number of rotatable bonds is 3. The van der Waals surface area contributed by atoms with Crippen LogP contribution in [0, 0.1) is 0 Å². The quantitative estimate of drug-likeness (QED) is 0.654. The fourth-order valence-electron chi connectivity index (χ4n) is 2.99. The van der Waals surface area contributed by atoms with Crippen molar-refractivity contribution in [2.75, 3.05) is 7.11 Å². The van der Waals surface area contributed by atoms with Crippen LogP contribution in [-0.2, 0) is 0 Å². The van der Waals surface area contributed by atoms with Crippen LogP contribution in [0.1, 0.15) is 11.1 Å². The highest BCUT2D eigenvalue weighted by Gasteiger charge is 2.18. The smallest absolute Gasteiger partial charge is 0.335 e. The lowest BCUT2D eigenvalue weighted by molar-refractivity contribution is 0.412. The molecule has 1 aromatic heterocycles. The summed E-state index contributed by atoms with van der Waals surface area (Å²) in [5.41, 5.74) is 1.09. The summed E-state index contributed by atoms with van der Waals surface area (Å²) in [6.07, 6.45) is 3.11. The van der Waals surface area contributed by atoms with Crippen LogP contribution < -0.4 is 16.0 Å². The summed E-state index contributed by atoms with van der Waals surface area (Å²) in [6.45, 7) is 0. The van der Waals surface area contributed by atoms with Gasteiger partial charge in [-0.05, 0) is 36.4 Å². The van der Waals surface area contributed by atoms with Gasteiger partial charge in [0, 0.05) is 27.9 Å². The van der Waals surface area contributed by atoms with Gasteiger partial charge in [-0.2, -0.15) is 0 Å². The second kappa shape index (κ2) is 6.97. The van der Waals surface area contributed by atoms with E-state index >= 15 is 0 Å². The van der Waals surface area contributed by atoms with E-state index in [4.69, 9.17) is 4.74 Å². The number of hydrogen-bond donors (Lipinski definition) is 2. The molecule has 7 nitrogen and oxygen atoms in total. The maximum absolute atomic E-state index is 12.4. The van der Waals surface area contributed by atoms with Gasteiger partial charge in [0.1, 0.15) is 11.3 Å². The first kappa shape index (κ1) is 18.0. The summed E-state index contributed by atoms with van der Waals surface area (Å²) in [4.78, 5) is 31.3. The molecule has 2 N–H and O–H groups in total. The van der Waals surface area contributed by atoms with Crippen LogP contribution in [0.4, 0.5) is 5.69 Å². The van der Waals surface area contributed by atoms with Crippen LogP contribution in [0.5, 0.6) is 11.6 Å². The van der Waals surface area contributed by atoms with Crippen molar-refractivity contribution in [2.45, 2.75) is 0 Å². The summed E-state index contributed by atoms with van der Waals surface area (Å²) >= 11 is 3.41. The third kappa shape index (κ3) is 3.07. The maximum Gasteiger partial charge on any atom is 0.335 e. The number of aliphatic imine (C=N–C) groups is 1. The van der Waals surface area contributed by atoms with Gasteiger partial charge in [0.05, 0.1) is 18.5 Å². The first-order valence-corrected chi connectivity index (χ1v) is 9.05. The maximum atomic E-state index is 12.4. The van der Waals surface area contributed by atoms with Crippen molar-refractivity contribution in [3.05, 3.63) is 78.9 Å². The van der Waals surface area contributed by atoms with E-state index in [1.165, 1.54) is 13.2 Å². The second-order valence-electron chi connectivity index (χ2n) is 6.05. The lowest BCUT2D eigenvalue weighted by atomic mass is 10.1. The topological polar surface area (TPSA) is 96.7 Å². The molecule has 0 fully saturated rings. The average molecular weight is 440 g/mol. The van der Waals surface area contributed by atoms with Gasteiger partial charge >= 0.3 is 5.69 Å². The van der Waals surface area contributed by atoms with Gasteiger partial charge in [0.2, 0.25) is 5.88 Å². The Bertz CT molecular complexity index is 1270. The van der Waals surface area contributed by atoms with E-state index in [1.54, 1.807) is 30.5 Å². The van der Waals surface area contributed by atoms with E-state index < -0.39 is 17.1 Å². The number of benzene rings is 2. The number of fused-ring (bicyclic) bond motifs is 1. The van der Waals surface area contributed by atoms with Crippen molar-refractivity contribution in [3.63, 3.8) is 0 Å². The van der Waals surface area contributed by atoms with Crippen LogP contribution in [0.2, 0.25) is 0 Å². The van der Waals surface area contributed by atoms with Gasteiger partial charge < -0.3 is 9.84 Å². The standard InChI is InChI=1S/C20H14BrN3O4/c1-28-14-4-2-3-13(9-14)24-19(26)16(18(25)23-20(24)27)7-11-10-22-17-6-5-12(21)8-15(11)17/h2-10,26H,1H3,(H,23,25,27)/b11-7+. The number of allylic oxidation sites excluding steroid dienone is 1. The van der Waals surface area contributed by atoms with Crippen LogP contribution >= 0.6 is 15.9 Å². The molecule has 0 saturated heterocycles. The molecule has 0 unspecified atom stereocenters. The number of halogens is 1. The SMILES string of the molecule is COc1cccc(-n2c(O)c(/C=C3\C=Nc4ccc(Br)cc43)c(=O)[nH]c2=O)c1. The Balaban J connectivity index is 1.91. The van der Waals surface area contributed by atoms with Crippen LogP contribution in [0.15, 0.2) is 61.5 Å². The molecule has 0 saturated carbocycles. The van der Waals surface area contributed by atoms with Crippen LogP contribution in [0.3, 0.4) is 0 Å². The highest BCUT2D eigenvalue weighted by molar-refractivity contribution is 9.10. The predicted octanol–water partition coefficient (Wildman–Crippen LogP) is 3.26. The number of aromatic amines is 1. The summed E-state index contributed by atoms with van der Waals surface area (Å²) in [5, 5.41) is 10.7. The van der Waals surface area contributed by atoms with E-state index in [-0.39, 0.29) is 5.56 Å². The molecule has 2 aromatic carbocycles. The molecule has 0 radical (unpaired) electrons. The minimum atomic E-state index is -0.749. The highest BCUT2D eigenvalue weighted by Crippen LogP contribution is 2.35. The van der Waals surface area contributed by atoms with Gasteiger partial charge in [-0.1, -0.05) is 22.0 Å². The Morgan fingerprint density at radius 3 is 2.82 bits per heavy atom. The van der Waals surface area contributed by atoms with Crippen LogP contribution in [-0.4, -0.2) is 28.0 Å². The number of methoxy groups -OCH3 is 1. The van der Waals surface area contributed by atoms with Crippen molar-refractivity contribution >= 4 is 39.5 Å². The molecular weight excluding hydrogens is 426 g/mol. The molecule has 3 aromatic rings. The van der Waals surface area contributed by atoms with Gasteiger partial charge in [-0.3, -0.25) is 14.8 Å². The lowest BCUT2D eigenvalue weighted by Gasteiger charge is -2.11. The normalized spacial score (nSPS) is 13.7. The van der Waals surface area contributed by atoms with E-state index in [9.17, 15) is 14.7 Å². The Morgan fingerprint density at radius 1 is 1.21 bits per heavy atom. The molecule has 2 heterocycles. The van der Waals surface area contributed by atoms with E-state index in [0.29, 0.717) is 17.0 Å². The summed E-state index contributed by atoms with van der Waals surface area (Å²) in [6, 6.07) is 12.2. The number of H-pyrrole nitrogens is 1. The Kier molecular flexibility index (Phi) is 4.48. The van der Waals surface area contributed by atoms with Crippen molar-refractivity contribution < 1.29 is 9.84 Å². The Labute approximate surface area is 167 Å². The number of nitrogens with one attached hydrogen (secondary N) is 1. The molecule has 28 heavy (non-hydrogen) atoms. The first-order chi connectivity index (χ1) is 13.5. The highest BCUT2D eigenvalue weighted by atomic mass is 79.9. The number of hydrogen-bond acceptors (Lipinski definition) is 5. The number of nitrogens with zero attached hydrogens (tertiary/aromatic N) is 2. The fourth-order valence-corrected chi connectivity index (χ4v) is 3.35. The average Bonchev–Trinajstić information content (AvgIpc) is 3.07. The minimum Gasteiger partial charge on any atom is -0.497 e. The zero-order chi connectivity index (χ0) is 19.8. The Morgan fingerprint density at radius 2 is 2.04 bits per heavy atom. The summed E-state index contributed by atoms with van der Waals surface area (Å²) in [7, 11) is 1.50. The molecule has 140 valence electrons. The molecular formula is C20H14BrN3O4. The summed E-state index contributed by atoms with van der Waals surface area (Å²) < 4.78 is 7.05. The van der Waals surface area contributed by atoms with Gasteiger partial charge in [0.25, 0.3) is 5.56 Å². The molecule has 0 atom stereocenters. The zero-order valence-corrected chi connectivity index (χ0v) is 16.2. The van der Waals surface area contributed by atoms with Crippen molar-refractivity contribution in [2.24, 2.45) is 4.99 Å². The lowest BCUT2D eigenvalue weighted by Crippen LogP contribution is -2.30. The molecule has 8 heteroatoms. The number of aromatic hydroxyl groups is 1. The van der Waals surface area contributed by atoms with Gasteiger partial charge in [-0.25, -0.2) is 9.36 Å². The molecule has 4 rings (SSSR count). The van der Waals surface area contributed by atoms with Crippen molar-refractivity contribution in [1.29, 1.82) is 0 Å². The number of aromatic nitrogens is 2. The predicted molar refractivity (Wildman–Crippen MR) is 111 cm³/mol. The fraction of sp³-hybridized carbons (Fsp3) is 0.0500.